The summed E-state index contributed by atoms with van der Waals surface area (Å²) in [6, 6.07) is 21.2. The second-order valence-electron chi connectivity index (χ2n) is 9.60. The van der Waals surface area contributed by atoms with Crippen LogP contribution in [0.3, 0.4) is 0 Å². The Bertz CT molecular complexity index is 1730. The Morgan fingerprint density at radius 3 is 2.09 bits per heavy atom. The first kappa shape index (κ1) is 30.5. The molecule has 0 spiro atoms. The number of rotatable bonds is 11. The number of hydrogen-bond acceptors (Lipinski definition) is 8. The number of ether oxygens (including phenoxy) is 4. The molecule has 8 nitrogen and oxygen atoms in total. The van der Waals surface area contributed by atoms with Crippen molar-refractivity contribution in [3.63, 3.8) is 0 Å². The third kappa shape index (κ3) is 7.83. The number of aliphatic hydroxyl groups excluding tert-OH is 1. The quantitative estimate of drug-likeness (QED) is 0.0640. The molecule has 0 aliphatic carbocycles. The molecule has 0 bridgehead atoms. The maximum absolute atomic E-state index is 13.0. The Morgan fingerprint density at radius 2 is 1.37 bits per heavy atom. The Morgan fingerprint density at radius 1 is 0.721 bits per heavy atom. The summed E-state index contributed by atoms with van der Waals surface area (Å²) in [4.78, 5) is 25.4. The van der Waals surface area contributed by atoms with Crippen LogP contribution in [0.15, 0.2) is 96.8 Å². The molecule has 2 N–H and O–H groups in total. The highest BCUT2D eigenvalue weighted by atomic mass is 16.6. The lowest BCUT2D eigenvalue weighted by atomic mass is 9.98. The summed E-state index contributed by atoms with van der Waals surface area (Å²) in [7, 11) is 4.52. The number of ketones is 1. The number of carbonyl (C=O) groups is 2. The highest BCUT2D eigenvalue weighted by Gasteiger charge is 2.20. The molecule has 8 heteroatoms. The Balaban J connectivity index is 1.40. The van der Waals surface area contributed by atoms with Crippen molar-refractivity contribution in [2.75, 3.05) is 21.3 Å². The van der Waals surface area contributed by atoms with E-state index >= 15 is 0 Å². The fourth-order valence-electron chi connectivity index (χ4n) is 4.24. The van der Waals surface area contributed by atoms with Gasteiger partial charge in [0.2, 0.25) is 0 Å². The predicted molar refractivity (Wildman–Crippen MR) is 166 cm³/mol. The van der Waals surface area contributed by atoms with E-state index in [0.717, 1.165) is 28.2 Å². The molecule has 43 heavy (non-hydrogen) atoms. The van der Waals surface area contributed by atoms with E-state index < -0.39 is 17.7 Å². The molecule has 1 atom stereocenters. The van der Waals surface area contributed by atoms with Crippen LogP contribution in [0.2, 0.25) is 0 Å². The van der Waals surface area contributed by atoms with E-state index in [-0.39, 0.29) is 17.3 Å². The number of esters is 1. The zero-order valence-corrected chi connectivity index (χ0v) is 24.2. The fraction of sp³-hybridized carbons (Fsp3) is 0.143. The number of methoxy groups -OCH3 is 3. The van der Waals surface area contributed by atoms with Crippen molar-refractivity contribution < 1.29 is 38.7 Å². The maximum atomic E-state index is 13.0. The minimum absolute atomic E-state index is 0.0000476. The summed E-state index contributed by atoms with van der Waals surface area (Å²) in [5.74, 6) is -0.0282. The molecule has 0 aliphatic rings. The lowest BCUT2D eigenvalue weighted by Crippen LogP contribution is -2.16. The summed E-state index contributed by atoms with van der Waals surface area (Å²) in [5.41, 5.74) is 2.11. The van der Waals surface area contributed by atoms with Crippen molar-refractivity contribution >= 4 is 34.7 Å². The van der Waals surface area contributed by atoms with Gasteiger partial charge in [-0.3, -0.25) is 9.59 Å². The Labute approximate surface area is 249 Å². The summed E-state index contributed by atoms with van der Waals surface area (Å²) in [6.07, 6.45) is 6.86. The zero-order valence-electron chi connectivity index (χ0n) is 24.2. The average Bonchev–Trinajstić information content (AvgIpc) is 3.02. The van der Waals surface area contributed by atoms with Crippen LogP contribution >= 0.6 is 0 Å². The highest BCUT2D eigenvalue weighted by molar-refractivity contribution is 6.02. The maximum Gasteiger partial charge on any atom is 0.318 e. The second kappa shape index (κ2) is 13.9. The average molecular weight is 581 g/mol. The van der Waals surface area contributed by atoms with Crippen LogP contribution in [0.5, 0.6) is 28.7 Å². The van der Waals surface area contributed by atoms with Crippen molar-refractivity contribution in [1.29, 1.82) is 0 Å². The van der Waals surface area contributed by atoms with Gasteiger partial charge in [0.15, 0.2) is 28.8 Å². The van der Waals surface area contributed by atoms with Gasteiger partial charge in [0.1, 0.15) is 11.5 Å². The van der Waals surface area contributed by atoms with Crippen LogP contribution in [0.25, 0.3) is 22.9 Å². The number of hydrogen-bond donors (Lipinski definition) is 2. The molecule has 0 saturated heterocycles. The van der Waals surface area contributed by atoms with Crippen molar-refractivity contribution in [3.05, 3.63) is 113 Å². The first-order valence-corrected chi connectivity index (χ1v) is 13.4. The van der Waals surface area contributed by atoms with Gasteiger partial charge in [-0.05, 0) is 82.9 Å². The standard InChI is InChI=1S/C35H32O8/c1-22(25-9-10-27-20-30(40-2)14-11-26(27)19-25)35(39)43-32-16-8-24(18-34(32)42-4)6-13-29(37)21-28(36)12-5-23-7-15-31(38)33(17-23)41-3/h5-22,36,38H,1-4H3/b12-5+,13-6+,28-21-. The van der Waals surface area contributed by atoms with Gasteiger partial charge in [-0.2, -0.15) is 0 Å². The zero-order chi connectivity index (χ0) is 30.9. The largest absolute Gasteiger partial charge is 0.508 e. The van der Waals surface area contributed by atoms with Gasteiger partial charge in [-0.1, -0.05) is 48.6 Å². The van der Waals surface area contributed by atoms with Crippen LogP contribution in [0, 0.1) is 0 Å². The normalized spacial score (nSPS) is 12.4. The van der Waals surface area contributed by atoms with Crippen LogP contribution in [-0.4, -0.2) is 43.3 Å². The van der Waals surface area contributed by atoms with Gasteiger partial charge in [0, 0.05) is 6.08 Å². The molecule has 1 unspecified atom stereocenters. The number of fused-ring (bicyclic) bond motifs is 1. The number of aromatic hydroxyl groups is 1. The number of phenols is 1. The molecule has 0 aromatic heterocycles. The van der Waals surface area contributed by atoms with Crippen LogP contribution in [-0.2, 0) is 9.59 Å². The van der Waals surface area contributed by atoms with E-state index in [4.69, 9.17) is 18.9 Å². The fourth-order valence-corrected chi connectivity index (χ4v) is 4.24. The Hall–Kier alpha value is -5.50. The van der Waals surface area contributed by atoms with Crippen molar-refractivity contribution in [2.24, 2.45) is 0 Å². The van der Waals surface area contributed by atoms with Gasteiger partial charge < -0.3 is 29.2 Å². The van der Waals surface area contributed by atoms with Gasteiger partial charge in [-0.25, -0.2) is 0 Å². The Kier molecular flexibility index (Phi) is 9.85. The van der Waals surface area contributed by atoms with E-state index in [1.54, 1.807) is 56.5 Å². The molecule has 4 rings (SSSR count). The summed E-state index contributed by atoms with van der Waals surface area (Å²) >= 11 is 0. The molecule has 0 fully saturated rings. The third-order valence-electron chi connectivity index (χ3n) is 6.70. The molecular weight excluding hydrogens is 548 g/mol. The van der Waals surface area contributed by atoms with Crippen LogP contribution in [0.1, 0.15) is 29.5 Å². The smallest absolute Gasteiger partial charge is 0.318 e. The third-order valence-corrected chi connectivity index (χ3v) is 6.70. The molecule has 0 heterocycles. The monoisotopic (exact) mass is 580 g/mol. The number of aliphatic hydroxyl groups is 1. The first-order valence-electron chi connectivity index (χ1n) is 13.4. The van der Waals surface area contributed by atoms with Gasteiger partial charge in [0.25, 0.3) is 0 Å². The summed E-state index contributed by atoms with van der Waals surface area (Å²) in [6.45, 7) is 1.78. The van der Waals surface area contributed by atoms with Gasteiger partial charge in [-0.15, -0.1) is 0 Å². The SMILES string of the molecule is COc1ccc2cc(C(C)C(=O)Oc3ccc(/C=C/C(=O)/C=C(O)/C=C/c4ccc(O)c(OC)c4)cc3OC)ccc2c1. The van der Waals surface area contributed by atoms with Crippen molar-refractivity contribution in [2.45, 2.75) is 12.8 Å². The van der Waals surface area contributed by atoms with E-state index in [2.05, 4.69) is 0 Å². The highest BCUT2D eigenvalue weighted by Crippen LogP contribution is 2.32. The molecule has 220 valence electrons. The predicted octanol–water partition coefficient (Wildman–Crippen LogP) is 7.02. The number of benzene rings is 4. The summed E-state index contributed by atoms with van der Waals surface area (Å²) < 4.78 is 21.4. The minimum atomic E-state index is -0.530. The van der Waals surface area contributed by atoms with E-state index in [0.29, 0.717) is 22.6 Å². The number of phenolic OH excluding ortho intramolecular Hbond substituents is 1. The molecular formula is C35H32O8. The number of carbonyl (C=O) groups excluding carboxylic acids is 2. The van der Waals surface area contributed by atoms with Crippen LogP contribution < -0.4 is 18.9 Å². The van der Waals surface area contributed by atoms with E-state index in [1.165, 1.54) is 32.4 Å². The molecule has 4 aromatic rings. The molecule has 4 aromatic carbocycles. The molecule has 0 saturated carbocycles. The van der Waals surface area contributed by atoms with Gasteiger partial charge in [0.05, 0.1) is 27.2 Å². The molecule has 0 amide bonds. The van der Waals surface area contributed by atoms with E-state index in [1.807, 2.05) is 36.4 Å². The van der Waals surface area contributed by atoms with Crippen molar-refractivity contribution in [3.8, 4) is 28.7 Å². The molecule has 0 aliphatic heterocycles. The topological polar surface area (TPSA) is 112 Å². The minimum Gasteiger partial charge on any atom is -0.508 e. The summed E-state index contributed by atoms with van der Waals surface area (Å²) in [5, 5.41) is 21.8. The van der Waals surface area contributed by atoms with Gasteiger partial charge >= 0.3 is 5.97 Å². The second-order valence-corrected chi connectivity index (χ2v) is 9.60. The van der Waals surface area contributed by atoms with Crippen LogP contribution in [0.4, 0.5) is 0 Å². The first-order chi connectivity index (χ1) is 20.7. The lowest BCUT2D eigenvalue weighted by Gasteiger charge is -2.15. The molecule has 0 radical (unpaired) electrons. The number of allylic oxidation sites excluding steroid dienone is 3. The van der Waals surface area contributed by atoms with Crippen molar-refractivity contribution in [1.82, 2.24) is 0 Å². The van der Waals surface area contributed by atoms with E-state index in [9.17, 15) is 19.8 Å². The lowest BCUT2D eigenvalue weighted by molar-refractivity contribution is -0.135.